The summed E-state index contributed by atoms with van der Waals surface area (Å²) in [7, 11) is 0. The lowest BCUT2D eigenvalue weighted by Crippen LogP contribution is -2.07. The molecule has 1 N–H and O–H groups in total. The summed E-state index contributed by atoms with van der Waals surface area (Å²) < 4.78 is 15.7. The first-order valence-corrected chi connectivity index (χ1v) is 6.14. The molecule has 0 amide bonds. The number of hydrogen-bond donors (Lipinski definition) is 1. The molecule has 3 nitrogen and oxygen atoms in total. The fraction of sp³-hybridized carbons (Fsp3) is 0.357. The van der Waals surface area contributed by atoms with Crippen molar-refractivity contribution in [3.8, 4) is 5.69 Å². The Morgan fingerprint density at radius 1 is 1.44 bits per heavy atom. The summed E-state index contributed by atoms with van der Waals surface area (Å²) in [4.78, 5) is 4.27. The van der Waals surface area contributed by atoms with E-state index in [2.05, 4.69) is 11.9 Å². The minimum Gasteiger partial charge on any atom is -0.389 e. The summed E-state index contributed by atoms with van der Waals surface area (Å²) in [6.45, 7) is 3.64. The van der Waals surface area contributed by atoms with E-state index in [1.807, 2.05) is 4.57 Å². The Morgan fingerprint density at radius 3 is 2.89 bits per heavy atom. The van der Waals surface area contributed by atoms with Gasteiger partial charge in [0.05, 0.1) is 11.8 Å². The first-order chi connectivity index (χ1) is 8.65. The molecule has 4 heteroatoms. The van der Waals surface area contributed by atoms with Gasteiger partial charge in [-0.05, 0) is 25.5 Å². The average Bonchev–Trinajstić information content (AvgIpc) is 2.76. The van der Waals surface area contributed by atoms with Crippen LogP contribution in [0.3, 0.4) is 0 Å². The van der Waals surface area contributed by atoms with Crippen LogP contribution in [0, 0.1) is 5.82 Å². The Bertz CT molecular complexity index is 534. The van der Waals surface area contributed by atoms with Crippen molar-refractivity contribution in [2.45, 2.75) is 32.8 Å². The number of halogens is 1. The van der Waals surface area contributed by atoms with Crippen LogP contribution in [0.1, 0.15) is 37.8 Å². The monoisotopic (exact) mass is 248 g/mol. The molecule has 96 valence electrons. The Balaban J connectivity index is 2.56. The highest BCUT2D eigenvalue weighted by molar-refractivity contribution is 5.44. The number of aliphatic hydroxyl groups is 1. The van der Waals surface area contributed by atoms with Gasteiger partial charge in [0, 0.05) is 24.4 Å². The Hall–Kier alpha value is -1.68. The molecule has 0 radical (unpaired) electrons. The van der Waals surface area contributed by atoms with Crippen molar-refractivity contribution in [1.82, 2.24) is 9.55 Å². The van der Waals surface area contributed by atoms with E-state index in [-0.39, 0.29) is 0 Å². The van der Waals surface area contributed by atoms with Crippen molar-refractivity contribution in [2.24, 2.45) is 0 Å². The van der Waals surface area contributed by atoms with Gasteiger partial charge >= 0.3 is 0 Å². The third kappa shape index (κ3) is 2.29. The van der Waals surface area contributed by atoms with Gasteiger partial charge < -0.3 is 9.67 Å². The number of imidazole rings is 1. The van der Waals surface area contributed by atoms with Gasteiger partial charge in [0.15, 0.2) is 0 Å². The van der Waals surface area contributed by atoms with Crippen LogP contribution in [0.2, 0.25) is 0 Å². The number of rotatable bonds is 4. The second-order valence-electron chi connectivity index (χ2n) is 4.31. The fourth-order valence-electron chi connectivity index (χ4n) is 2.11. The smallest absolute Gasteiger partial charge is 0.131 e. The quantitative estimate of drug-likeness (QED) is 0.903. The molecule has 2 rings (SSSR count). The summed E-state index contributed by atoms with van der Waals surface area (Å²) in [5.74, 6) is 0.489. The first kappa shape index (κ1) is 12.8. The summed E-state index contributed by atoms with van der Waals surface area (Å²) in [5, 5.41) is 9.73. The van der Waals surface area contributed by atoms with Gasteiger partial charge in [-0.15, -0.1) is 0 Å². The molecule has 0 saturated heterocycles. The average molecular weight is 248 g/mol. The fourth-order valence-corrected chi connectivity index (χ4v) is 2.11. The van der Waals surface area contributed by atoms with E-state index in [1.165, 1.54) is 6.07 Å². The van der Waals surface area contributed by atoms with Crippen LogP contribution in [0.15, 0.2) is 30.6 Å². The molecule has 0 aliphatic carbocycles. The zero-order valence-electron chi connectivity index (χ0n) is 10.6. The first-order valence-electron chi connectivity index (χ1n) is 6.14. The highest BCUT2D eigenvalue weighted by atomic mass is 19.1. The second kappa shape index (κ2) is 5.31. The highest BCUT2D eigenvalue weighted by Gasteiger charge is 2.16. The van der Waals surface area contributed by atoms with Gasteiger partial charge in [-0.2, -0.15) is 0 Å². The Labute approximate surface area is 106 Å². The van der Waals surface area contributed by atoms with Crippen LogP contribution in [-0.2, 0) is 6.42 Å². The number of nitrogens with zero attached hydrogens (tertiary/aromatic N) is 2. The molecule has 2 aromatic rings. The molecule has 0 fully saturated rings. The van der Waals surface area contributed by atoms with E-state index in [9.17, 15) is 9.50 Å². The summed E-state index contributed by atoms with van der Waals surface area (Å²) in [5.41, 5.74) is 0.971. The van der Waals surface area contributed by atoms with Gasteiger partial charge in [-0.3, -0.25) is 0 Å². The molecule has 1 atom stereocenters. The Kier molecular flexibility index (Phi) is 3.77. The maximum absolute atomic E-state index is 13.8. The van der Waals surface area contributed by atoms with E-state index in [0.717, 1.165) is 18.7 Å². The van der Waals surface area contributed by atoms with Crippen molar-refractivity contribution >= 4 is 0 Å². The molecule has 18 heavy (non-hydrogen) atoms. The van der Waals surface area contributed by atoms with Crippen molar-refractivity contribution in [2.75, 3.05) is 0 Å². The van der Waals surface area contributed by atoms with Gasteiger partial charge in [-0.25, -0.2) is 9.37 Å². The molecule has 1 heterocycles. The molecule has 0 spiro atoms. The molecule has 0 aliphatic heterocycles. The number of aliphatic hydroxyl groups excluding tert-OH is 1. The van der Waals surface area contributed by atoms with Crippen LogP contribution < -0.4 is 0 Å². The lowest BCUT2D eigenvalue weighted by atomic mass is 10.1. The third-order valence-corrected chi connectivity index (χ3v) is 2.90. The molecule has 1 unspecified atom stereocenters. The minimum atomic E-state index is -0.849. The third-order valence-electron chi connectivity index (χ3n) is 2.90. The number of hydrogen-bond acceptors (Lipinski definition) is 2. The largest absolute Gasteiger partial charge is 0.389 e. The second-order valence-corrected chi connectivity index (χ2v) is 4.31. The zero-order chi connectivity index (χ0) is 13.1. The standard InChI is InChI=1S/C14H17FN2O/c1-3-5-13-16-8-9-17(13)12-7-4-6-11(15)14(12)10(2)18/h4,6-10,18H,3,5H2,1-2H3. The molecular formula is C14H17FN2O. The molecular weight excluding hydrogens is 231 g/mol. The van der Waals surface area contributed by atoms with Crippen molar-refractivity contribution < 1.29 is 9.50 Å². The van der Waals surface area contributed by atoms with Crippen molar-refractivity contribution in [1.29, 1.82) is 0 Å². The maximum Gasteiger partial charge on any atom is 0.131 e. The summed E-state index contributed by atoms with van der Waals surface area (Å²) >= 11 is 0. The normalized spacial score (nSPS) is 12.7. The summed E-state index contributed by atoms with van der Waals surface area (Å²) in [6, 6.07) is 4.81. The van der Waals surface area contributed by atoms with E-state index in [0.29, 0.717) is 11.3 Å². The van der Waals surface area contributed by atoms with Crippen LogP contribution in [0.25, 0.3) is 5.69 Å². The van der Waals surface area contributed by atoms with Crippen molar-refractivity contribution in [3.63, 3.8) is 0 Å². The van der Waals surface area contributed by atoms with Gasteiger partial charge in [0.2, 0.25) is 0 Å². The predicted molar refractivity (Wildman–Crippen MR) is 68.2 cm³/mol. The number of benzene rings is 1. The SMILES string of the molecule is CCCc1nccn1-c1cccc(F)c1C(C)O. The molecule has 1 aromatic carbocycles. The van der Waals surface area contributed by atoms with Crippen LogP contribution in [0.4, 0.5) is 4.39 Å². The van der Waals surface area contributed by atoms with Crippen LogP contribution in [-0.4, -0.2) is 14.7 Å². The Morgan fingerprint density at radius 2 is 2.22 bits per heavy atom. The summed E-state index contributed by atoms with van der Waals surface area (Å²) in [6.07, 6.45) is 4.44. The zero-order valence-corrected chi connectivity index (χ0v) is 10.6. The van der Waals surface area contributed by atoms with Crippen LogP contribution >= 0.6 is 0 Å². The lowest BCUT2D eigenvalue weighted by Gasteiger charge is -2.15. The van der Waals surface area contributed by atoms with E-state index in [4.69, 9.17) is 0 Å². The molecule has 0 aliphatic rings. The predicted octanol–water partition coefficient (Wildman–Crippen LogP) is 3.02. The molecule has 1 aromatic heterocycles. The molecule has 0 saturated carbocycles. The maximum atomic E-state index is 13.8. The van der Waals surface area contributed by atoms with E-state index < -0.39 is 11.9 Å². The number of aromatic nitrogens is 2. The van der Waals surface area contributed by atoms with E-state index in [1.54, 1.807) is 31.5 Å². The van der Waals surface area contributed by atoms with Gasteiger partial charge in [0.1, 0.15) is 11.6 Å². The van der Waals surface area contributed by atoms with Crippen LogP contribution in [0.5, 0.6) is 0 Å². The highest BCUT2D eigenvalue weighted by Crippen LogP contribution is 2.25. The minimum absolute atomic E-state index is 0.313. The topological polar surface area (TPSA) is 38.0 Å². The van der Waals surface area contributed by atoms with Gasteiger partial charge in [0.25, 0.3) is 0 Å². The van der Waals surface area contributed by atoms with Gasteiger partial charge in [-0.1, -0.05) is 13.0 Å². The van der Waals surface area contributed by atoms with E-state index >= 15 is 0 Å². The van der Waals surface area contributed by atoms with Crippen molar-refractivity contribution in [3.05, 3.63) is 47.8 Å². The molecule has 0 bridgehead atoms. The lowest BCUT2D eigenvalue weighted by molar-refractivity contribution is 0.194. The number of aryl methyl sites for hydroxylation is 1.